The molecule has 1 N–H and O–H groups in total. The highest BCUT2D eigenvalue weighted by Gasteiger charge is 2.19. The number of rotatable bonds is 6. The van der Waals surface area contributed by atoms with E-state index in [0.29, 0.717) is 23.1 Å². The second-order valence-electron chi connectivity index (χ2n) is 6.14. The molecule has 1 aromatic carbocycles. The number of hydrogen-bond donors (Lipinski definition) is 1. The maximum Gasteiger partial charge on any atom is 0.251 e. The molecule has 0 radical (unpaired) electrons. The Morgan fingerprint density at radius 2 is 1.92 bits per heavy atom. The normalized spacial score (nSPS) is 18.8. The fourth-order valence-corrected chi connectivity index (χ4v) is 5.88. The standard InChI is InChI=1S/C18H24N2O2S2/c21-16-4-1-10-20(16)11-2-9-19-17(22)14-5-7-15(8-6-14)18-23-12-3-13-24-18/h5-8,18H,1-4,9-13H2,(H,19,22). The van der Waals surface area contributed by atoms with E-state index in [0.717, 1.165) is 25.9 Å². The van der Waals surface area contributed by atoms with Gasteiger partial charge in [0.05, 0.1) is 4.58 Å². The second kappa shape index (κ2) is 8.81. The van der Waals surface area contributed by atoms with Crippen molar-refractivity contribution < 1.29 is 9.59 Å². The summed E-state index contributed by atoms with van der Waals surface area (Å²) in [5.41, 5.74) is 2.01. The van der Waals surface area contributed by atoms with Gasteiger partial charge < -0.3 is 10.2 Å². The number of likely N-dealkylation sites (tertiary alicyclic amines) is 1. The van der Waals surface area contributed by atoms with Crippen molar-refractivity contribution in [2.75, 3.05) is 31.1 Å². The van der Waals surface area contributed by atoms with E-state index in [1.54, 1.807) is 0 Å². The summed E-state index contributed by atoms with van der Waals surface area (Å²) >= 11 is 3.98. The summed E-state index contributed by atoms with van der Waals surface area (Å²) in [6.07, 6.45) is 3.74. The Morgan fingerprint density at radius 1 is 1.17 bits per heavy atom. The molecule has 2 aliphatic heterocycles. The predicted molar refractivity (Wildman–Crippen MR) is 101 cm³/mol. The van der Waals surface area contributed by atoms with Gasteiger partial charge in [-0.05, 0) is 48.5 Å². The second-order valence-corrected chi connectivity index (χ2v) is 8.87. The number of amides is 2. The van der Waals surface area contributed by atoms with Crippen LogP contribution in [0.5, 0.6) is 0 Å². The van der Waals surface area contributed by atoms with E-state index >= 15 is 0 Å². The highest BCUT2D eigenvalue weighted by atomic mass is 32.2. The van der Waals surface area contributed by atoms with E-state index in [1.807, 2.05) is 40.6 Å². The number of carbonyl (C=O) groups is 2. The van der Waals surface area contributed by atoms with Gasteiger partial charge in [0.25, 0.3) is 5.91 Å². The smallest absolute Gasteiger partial charge is 0.251 e. The van der Waals surface area contributed by atoms with Crippen LogP contribution in [0.1, 0.15) is 46.2 Å². The van der Waals surface area contributed by atoms with Crippen LogP contribution in [-0.4, -0.2) is 47.9 Å². The lowest BCUT2D eigenvalue weighted by atomic mass is 10.1. The van der Waals surface area contributed by atoms with Gasteiger partial charge in [-0.2, -0.15) is 0 Å². The van der Waals surface area contributed by atoms with Crippen LogP contribution in [0.15, 0.2) is 24.3 Å². The number of hydrogen-bond acceptors (Lipinski definition) is 4. The van der Waals surface area contributed by atoms with E-state index in [4.69, 9.17) is 0 Å². The molecule has 130 valence electrons. The molecule has 0 unspecified atom stereocenters. The minimum absolute atomic E-state index is 0.0294. The van der Waals surface area contributed by atoms with Gasteiger partial charge in [-0.3, -0.25) is 9.59 Å². The first-order valence-corrected chi connectivity index (χ1v) is 10.7. The van der Waals surface area contributed by atoms with E-state index in [9.17, 15) is 9.59 Å². The van der Waals surface area contributed by atoms with Crippen molar-refractivity contribution in [1.82, 2.24) is 10.2 Å². The Bertz CT molecular complexity index is 571. The lowest BCUT2D eigenvalue weighted by Crippen LogP contribution is -2.30. The Labute approximate surface area is 152 Å². The molecule has 0 saturated carbocycles. The van der Waals surface area contributed by atoms with Crippen LogP contribution in [0.2, 0.25) is 0 Å². The fourth-order valence-electron chi connectivity index (χ4n) is 2.99. The zero-order chi connectivity index (χ0) is 16.8. The molecule has 2 aliphatic rings. The molecule has 2 heterocycles. The summed E-state index contributed by atoms with van der Waals surface area (Å²) in [5.74, 6) is 2.66. The van der Waals surface area contributed by atoms with Crippen molar-refractivity contribution >= 4 is 35.3 Å². The third-order valence-corrected chi connectivity index (χ3v) is 7.35. The van der Waals surface area contributed by atoms with Crippen LogP contribution in [0, 0.1) is 0 Å². The summed E-state index contributed by atoms with van der Waals surface area (Å²) in [6.45, 7) is 2.22. The van der Waals surface area contributed by atoms with Gasteiger partial charge in [-0.1, -0.05) is 12.1 Å². The van der Waals surface area contributed by atoms with E-state index in [2.05, 4.69) is 17.4 Å². The van der Waals surface area contributed by atoms with Gasteiger partial charge in [0.1, 0.15) is 0 Å². The highest BCUT2D eigenvalue weighted by molar-refractivity contribution is 8.16. The van der Waals surface area contributed by atoms with Crippen molar-refractivity contribution in [3.63, 3.8) is 0 Å². The molecule has 0 atom stereocenters. The third kappa shape index (κ3) is 4.70. The first kappa shape index (κ1) is 17.7. The summed E-state index contributed by atoms with van der Waals surface area (Å²) in [6, 6.07) is 8.00. The predicted octanol–water partition coefficient (Wildman–Crippen LogP) is 3.30. The minimum Gasteiger partial charge on any atom is -0.352 e. The average molecular weight is 365 g/mol. The SMILES string of the molecule is O=C(NCCCN1CCCC1=O)c1ccc(C2SCCCS2)cc1. The molecule has 0 aromatic heterocycles. The van der Waals surface area contributed by atoms with Crippen LogP contribution in [0.25, 0.3) is 0 Å². The van der Waals surface area contributed by atoms with Crippen molar-refractivity contribution in [3.8, 4) is 0 Å². The van der Waals surface area contributed by atoms with Gasteiger partial charge >= 0.3 is 0 Å². The van der Waals surface area contributed by atoms with Crippen LogP contribution >= 0.6 is 23.5 Å². The number of nitrogens with zero attached hydrogens (tertiary/aromatic N) is 1. The number of thioether (sulfide) groups is 2. The summed E-state index contributed by atoms with van der Waals surface area (Å²) < 4.78 is 0.508. The molecule has 0 bridgehead atoms. The van der Waals surface area contributed by atoms with Crippen molar-refractivity contribution in [2.45, 2.75) is 30.3 Å². The first-order valence-electron chi connectivity index (χ1n) is 8.63. The van der Waals surface area contributed by atoms with Gasteiger partial charge in [-0.25, -0.2) is 0 Å². The van der Waals surface area contributed by atoms with E-state index in [-0.39, 0.29) is 11.8 Å². The van der Waals surface area contributed by atoms with Gasteiger partial charge in [0.2, 0.25) is 5.91 Å². The van der Waals surface area contributed by atoms with Gasteiger partial charge in [0, 0.05) is 31.6 Å². The van der Waals surface area contributed by atoms with Crippen LogP contribution in [-0.2, 0) is 4.79 Å². The molecule has 6 heteroatoms. The molecule has 0 aliphatic carbocycles. The average Bonchev–Trinajstić information content (AvgIpc) is 3.04. The minimum atomic E-state index is -0.0294. The van der Waals surface area contributed by atoms with Crippen LogP contribution < -0.4 is 5.32 Å². The molecular formula is C18H24N2O2S2. The van der Waals surface area contributed by atoms with Crippen molar-refractivity contribution in [3.05, 3.63) is 35.4 Å². The summed E-state index contributed by atoms with van der Waals surface area (Å²) in [7, 11) is 0. The summed E-state index contributed by atoms with van der Waals surface area (Å²) in [5, 5.41) is 2.95. The molecule has 24 heavy (non-hydrogen) atoms. The molecule has 3 rings (SSSR count). The fraction of sp³-hybridized carbons (Fsp3) is 0.556. The number of carbonyl (C=O) groups excluding carboxylic acids is 2. The zero-order valence-corrected chi connectivity index (χ0v) is 15.5. The van der Waals surface area contributed by atoms with Gasteiger partial charge in [0.15, 0.2) is 0 Å². The number of nitrogens with one attached hydrogen (secondary N) is 1. The topological polar surface area (TPSA) is 49.4 Å². The van der Waals surface area contributed by atoms with Crippen LogP contribution in [0.3, 0.4) is 0 Å². The Morgan fingerprint density at radius 3 is 2.58 bits per heavy atom. The molecule has 2 saturated heterocycles. The van der Waals surface area contributed by atoms with Crippen molar-refractivity contribution in [1.29, 1.82) is 0 Å². The van der Waals surface area contributed by atoms with Crippen LogP contribution in [0.4, 0.5) is 0 Å². The Kier molecular flexibility index (Phi) is 6.49. The molecule has 2 amide bonds. The number of benzene rings is 1. The quantitative estimate of drug-likeness (QED) is 0.787. The lowest BCUT2D eigenvalue weighted by Gasteiger charge is -2.21. The maximum absolute atomic E-state index is 12.2. The molecule has 0 spiro atoms. The molecule has 2 fully saturated rings. The highest BCUT2D eigenvalue weighted by Crippen LogP contribution is 2.43. The Hall–Kier alpha value is -1.14. The maximum atomic E-state index is 12.2. The van der Waals surface area contributed by atoms with Crippen molar-refractivity contribution in [2.24, 2.45) is 0 Å². The third-order valence-electron chi connectivity index (χ3n) is 4.33. The Balaban J connectivity index is 1.42. The molecule has 1 aromatic rings. The van der Waals surface area contributed by atoms with E-state index in [1.165, 1.54) is 23.5 Å². The van der Waals surface area contributed by atoms with Gasteiger partial charge in [-0.15, -0.1) is 23.5 Å². The zero-order valence-electron chi connectivity index (χ0n) is 13.8. The molecule has 4 nitrogen and oxygen atoms in total. The first-order chi connectivity index (χ1) is 11.7. The van der Waals surface area contributed by atoms with E-state index < -0.39 is 0 Å². The molecular weight excluding hydrogens is 340 g/mol. The largest absolute Gasteiger partial charge is 0.352 e. The summed E-state index contributed by atoms with van der Waals surface area (Å²) in [4.78, 5) is 25.6. The lowest BCUT2D eigenvalue weighted by molar-refractivity contribution is -0.127. The monoisotopic (exact) mass is 364 g/mol.